The van der Waals surface area contributed by atoms with Crippen molar-refractivity contribution in [3.8, 4) is 11.3 Å². The molecule has 2 N–H and O–H groups in total. The van der Waals surface area contributed by atoms with Crippen molar-refractivity contribution in [2.24, 2.45) is 0 Å². The second-order valence-corrected chi connectivity index (χ2v) is 7.54. The molecule has 8 nitrogen and oxygen atoms in total. The molecule has 1 aromatic heterocycles. The number of benzene rings is 2. The van der Waals surface area contributed by atoms with Crippen LogP contribution in [0.15, 0.2) is 48.7 Å². The van der Waals surface area contributed by atoms with Gasteiger partial charge in [0.2, 0.25) is 0 Å². The molecule has 1 fully saturated rings. The third-order valence-electron chi connectivity index (χ3n) is 5.24. The minimum absolute atomic E-state index is 0.0634. The lowest BCUT2D eigenvalue weighted by Gasteiger charge is -2.38. The van der Waals surface area contributed by atoms with Crippen LogP contribution in [0.1, 0.15) is 37.7 Å². The number of carbonyl (C=O) groups is 1. The Morgan fingerprint density at radius 3 is 2.47 bits per heavy atom. The van der Waals surface area contributed by atoms with Gasteiger partial charge in [0.1, 0.15) is 17.9 Å². The Kier molecular flexibility index (Phi) is 8.74. The zero-order chi connectivity index (χ0) is 24.7. The van der Waals surface area contributed by atoms with Gasteiger partial charge in [0.15, 0.2) is 23.7 Å². The molecule has 0 bridgehead atoms. The molecule has 0 saturated carbocycles. The van der Waals surface area contributed by atoms with Gasteiger partial charge >= 0.3 is 0 Å². The normalized spacial score (nSPS) is 20.8. The van der Waals surface area contributed by atoms with Gasteiger partial charge in [-0.3, -0.25) is 4.79 Å². The Bertz CT molecular complexity index is 1060. The Hall–Kier alpha value is -3.28. The summed E-state index contributed by atoms with van der Waals surface area (Å²) in [4.78, 5) is 8.36. The van der Waals surface area contributed by atoms with Gasteiger partial charge < -0.3 is 19.7 Å². The van der Waals surface area contributed by atoms with E-state index in [1.807, 2.05) is 37.3 Å². The standard InChI is InChI=1S/C22H22F3N3O3.CH2O2/c1-2-6-18(21-19(29)12-30-22(31-21)13-7-4-3-5-8-13)28-11-17(26-27-28)14-9-15(23)20(25)16(24)10-14;2-1-3/h3-5,7-11,18-19,21-22,29H,2,6,12H2,1H3;1H,(H,2,3). The highest BCUT2D eigenvalue weighted by Gasteiger charge is 2.38. The van der Waals surface area contributed by atoms with E-state index in [1.54, 1.807) is 0 Å². The number of ether oxygens (including phenoxy) is 2. The number of aliphatic hydroxyl groups excluding tert-OH is 1. The fourth-order valence-corrected chi connectivity index (χ4v) is 3.70. The third kappa shape index (κ3) is 5.79. The van der Waals surface area contributed by atoms with Crippen molar-refractivity contribution in [2.75, 3.05) is 6.61 Å². The molecule has 2 aromatic carbocycles. The van der Waals surface area contributed by atoms with E-state index in [1.165, 1.54) is 10.9 Å². The lowest BCUT2D eigenvalue weighted by atomic mass is 10.00. The van der Waals surface area contributed by atoms with Crippen molar-refractivity contribution in [2.45, 2.75) is 44.3 Å². The second kappa shape index (κ2) is 11.7. The fraction of sp³-hybridized carbons (Fsp3) is 0.348. The highest BCUT2D eigenvalue weighted by Crippen LogP contribution is 2.34. The Morgan fingerprint density at radius 1 is 1.21 bits per heavy atom. The quantitative estimate of drug-likeness (QED) is 0.408. The van der Waals surface area contributed by atoms with Crippen molar-refractivity contribution >= 4 is 6.47 Å². The molecule has 34 heavy (non-hydrogen) atoms. The molecule has 4 atom stereocenters. The van der Waals surface area contributed by atoms with E-state index < -0.39 is 42.0 Å². The molecule has 0 spiro atoms. The summed E-state index contributed by atoms with van der Waals surface area (Å²) in [7, 11) is 0. The lowest BCUT2D eigenvalue weighted by molar-refractivity contribution is -0.267. The lowest BCUT2D eigenvalue weighted by Crippen LogP contribution is -2.45. The summed E-state index contributed by atoms with van der Waals surface area (Å²) in [5.41, 5.74) is 1.07. The molecule has 4 rings (SSSR count). The fourth-order valence-electron chi connectivity index (χ4n) is 3.70. The monoisotopic (exact) mass is 479 g/mol. The molecule has 0 amide bonds. The minimum Gasteiger partial charge on any atom is -0.483 e. The van der Waals surface area contributed by atoms with E-state index in [0.29, 0.717) is 6.42 Å². The average Bonchev–Trinajstić information content (AvgIpc) is 3.32. The van der Waals surface area contributed by atoms with Gasteiger partial charge in [-0.1, -0.05) is 48.9 Å². The number of aromatic nitrogens is 3. The van der Waals surface area contributed by atoms with Crippen molar-refractivity contribution in [1.29, 1.82) is 0 Å². The first kappa shape index (κ1) is 25.3. The molecular formula is C23H24F3N3O5. The number of hydrogen-bond acceptors (Lipinski definition) is 6. The topological polar surface area (TPSA) is 107 Å². The zero-order valence-corrected chi connectivity index (χ0v) is 18.2. The van der Waals surface area contributed by atoms with Gasteiger partial charge in [0, 0.05) is 11.1 Å². The maximum absolute atomic E-state index is 13.6. The third-order valence-corrected chi connectivity index (χ3v) is 5.24. The smallest absolute Gasteiger partial charge is 0.290 e. The van der Waals surface area contributed by atoms with E-state index in [4.69, 9.17) is 19.4 Å². The Morgan fingerprint density at radius 2 is 1.85 bits per heavy atom. The minimum atomic E-state index is -1.54. The number of carboxylic acid groups (broad SMARTS) is 1. The highest BCUT2D eigenvalue weighted by atomic mass is 19.2. The first-order valence-electron chi connectivity index (χ1n) is 10.5. The summed E-state index contributed by atoms with van der Waals surface area (Å²) in [5.74, 6) is -4.14. The van der Waals surface area contributed by atoms with Crippen molar-refractivity contribution in [3.63, 3.8) is 0 Å². The molecule has 3 aromatic rings. The molecule has 2 heterocycles. The van der Waals surface area contributed by atoms with E-state index in [2.05, 4.69) is 10.3 Å². The van der Waals surface area contributed by atoms with E-state index >= 15 is 0 Å². The van der Waals surface area contributed by atoms with Crippen molar-refractivity contribution < 1.29 is 37.7 Å². The summed E-state index contributed by atoms with van der Waals surface area (Å²) in [6.45, 7) is 1.82. The summed E-state index contributed by atoms with van der Waals surface area (Å²) in [5, 5.41) is 25.5. The molecule has 1 aliphatic heterocycles. The number of rotatable bonds is 6. The van der Waals surface area contributed by atoms with Crippen LogP contribution in [-0.2, 0) is 14.3 Å². The van der Waals surface area contributed by atoms with Crippen LogP contribution in [0.25, 0.3) is 11.3 Å². The maximum atomic E-state index is 13.6. The van der Waals surface area contributed by atoms with Crippen molar-refractivity contribution in [1.82, 2.24) is 15.0 Å². The van der Waals surface area contributed by atoms with Gasteiger partial charge in [0.25, 0.3) is 6.47 Å². The van der Waals surface area contributed by atoms with E-state index in [-0.39, 0.29) is 24.3 Å². The van der Waals surface area contributed by atoms with Gasteiger partial charge in [-0.2, -0.15) is 0 Å². The zero-order valence-electron chi connectivity index (χ0n) is 18.2. The molecule has 0 radical (unpaired) electrons. The van der Waals surface area contributed by atoms with Crippen LogP contribution in [0.2, 0.25) is 0 Å². The highest BCUT2D eigenvalue weighted by molar-refractivity contribution is 5.57. The molecule has 1 aliphatic rings. The molecule has 4 unspecified atom stereocenters. The predicted octanol–water partition coefficient (Wildman–Crippen LogP) is 3.88. The van der Waals surface area contributed by atoms with Crippen molar-refractivity contribution in [3.05, 3.63) is 71.7 Å². The Labute approximate surface area is 193 Å². The van der Waals surface area contributed by atoms with Gasteiger partial charge in [-0.15, -0.1) is 5.10 Å². The average molecular weight is 479 g/mol. The largest absolute Gasteiger partial charge is 0.483 e. The van der Waals surface area contributed by atoms with Crippen LogP contribution in [0.3, 0.4) is 0 Å². The predicted molar refractivity (Wildman–Crippen MR) is 114 cm³/mol. The SMILES string of the molecule is CCCC(C1OC(c2ccccc2)OCC1O)n1cc(-c2cc(F)c(F)c(F)c2)nn1.O=CO. The van der Waals surface area contributed by atoms with Gasteiger partial charge in [-0.25, -0.2) is 17.9 Å². The maximum Gasteiger partial charge on any atom is 0.290 e. The van der Waals surface area contributed by atoms with Crippen LogP contribution >= 0.6 is 0 Å². The van der Waals surface area contributed by atoms with Gasteiger partial charge in [-0.05, 0) is 18.6 Å². The summed E-state index contributed by atoms with van der Waals surface area (Å²) < 4.78 is 53.8. The molecule has 0 aliphatic carbocycles. The van der Waals surface area contributed by atoms with E-state index in [9.17, 15) is 18.3 Å². The van der Waals surface area contributed by atoms with Gasteiger partial charge in [0.05, 0.1) is 18.8 Å². The molecule has 11 heteroatoms. The molecule has 182 valence electrons. The van der Waals surface area contributed by atoms with E-state index in [0.717, 1.165) is 24.1 Å². The number of aliphatic hydroxyl groups is 1. The van der Waals surface area contributed by atoms with Crippen LogP contribution < -0.4 is 0 Å². The molecule has 1 saturated heterocycles. The first-order chi connectivity index (χ1) is 16.4. The van der Waals surface area contributed by atoms with Crippen LogP contribution in [0.4, 0.5) is 13.2 Å². The van der Waals surface area contributed by atoms with Crippen LogP contribution in [0, 0.1) is 17.5 Å². The number of hydrogen-bond donors (Lipinski definition) is 2. The van der Waals surface area contributed by atoms with Crippen LogP contribution in [-0.4, -0.2) is 50.5 Å². The summed E-state index contributed by atoms with van der Waals surface area (Å²) in [6, 6.07) is 10.7. The summed E-state index contributed by atoms with van der Waals surface area (Å²) in [6.07, 6.45) is 0.703. The second-order valence-electron chi connectivity index (χ2n) is 7.54. The summed E-state index contributed by atoms with van der Waals surface area (Å²) >= 11 is 0. The number of nitrogens with zero attached hydrogens (tertiary/aromatic N) is 3. The first-order valence-corrected chi connectivity index (χ1v) is 10.5. The Balaban J connectivity index is 0.00000103. The number of halogens is 3. The molecular weight excluding hydrogens is 455 g/mol. The van der Waals surface area contributed by atoms with Crippen LogP contribution in [0.5, 0.6) is 0 Å².